The van der Waals surface area contributed by atoms with E-state index in [-0.39, 0.29) is 11.5 Å². The largest absolute Gasteiger partial charge is 0.371 e. The van der Waals surface area contributed by atoms with Gasteiger partial charge >= 0.3 is 0 Å². The summed E-state index contributed by atoms with van der Waals surface area (Å²) < 4.78 is 0. The van der Waals surface area contributed by atoms with Crippen molar-refractivity contribution in [2.45, 2.75) is 39.0 Å². The minimum Gasteiger partial charge on any atom is -0.371 e. The van der Waals surface area contributed by atoms with Gasteiger partial charge in [0, 0.05) is 18.5 Å². The van der Waals surface area contributed by atoms with Crippen LogP contribution < -0.4 is 5.32 Å². The smallest absolute Gasteiger partial charge is 0.171 e. The lowest BCUT2D eigenvalue weighted by Gasteiger charge is -2.53. The van der Waals surface area contributed by atoms with Crippen LogP contribution in [0.15, 0.2) is 0 Å². The Balaban J connectivity index is 3.03. The van der Waals surface area contributed by atoms with Crippen LogP contribution in [-0.2, 0) is 0 Å². The van der Waals surface area contributed by atoms with E-state index in [1.54, 1.807) is 18.9 Å². The molecule has 76 valence electrons. The van der Waals surface area contributed by atoms with E-state index in [1.807, 2.05) is 20.8 Å². The SMILES string of the molecule is CC1C(C)(C)NC(=S)N(C)C1(C)O. The lowest BCUT2D eigenvalue weighted by molar-refractivity contribution is -0.121. The molecule has 0 bridgehead atoms. The summed E-state index contributed by atoms with van der Waals surface area (Å²) in [5.74, 6) is 0.108. The van der Waals surface area contributed by atoms with Crippen LogP contribution in [0, 0.1) is 5.92 Å². The Hall–Kier alpha value is -0.350. The Morgan fingerprint density at radius 1 is 1.46 bits per heavy atom. The first-order valence-electron chi connectivity index (χ1n) is 4.48. The van der Waals surface area contributed by atoms with Crippen LogP contribution in [0.25, 0.3) is 0 Å². The van der Waals surface area contributed by atoms with Crippen LogP contribution in [-0.4, -0.2) is 33.4 Å². The highest BCUT2D eigenvalue weighted by atomic mass is 32.1. The maximum absolute atomic E-state index is 10.2. The number of aliphatic hydroxyl groups is 1. The standard InChI is InChI=1S/C9H18N2OS/c1-6-8(2,3)10-7(13)11(5)9(6,4)12/h6,12H,1-5H3,(H,10,13). The Kier molecular flexibility index (Phi) is 2.33. The van der Waals surface area contributed by atoms with Crippen molar-refractivity contribution < 1.29 is 5.11 Å². The van der Waals surface area contributed by atoms with Crippen molar-refractivity contribution in [3.63, 3.8) is 0 Å². The molecule has 13 heavy (non-hydrogen) atoms. The first kappa shape index (κ1) is 10.7. The van der Waals surface area contributed by atoms with Crippen molar-refractivity contribution >= 4 is 17.3 Å². The summed E-state index contributed by atoms with van der Waals surface area (Å²) in [4.78, 5) is 1.71. The number of hydrogen-bond donors (Lipinski definition) is 2. The summed E-state index contributed by atoms with van der Waals surface area (Å²) in [5, 5.41) is 14.0. The third-order valence-corrected chi connectivity index (χ3v) is 3.69. The third-order valence-electron chi connectivity index (χ3n) is 3.32. The zero-order chi connectivity index (χ0) is 10.4. The van der Waals surface area contributed by atoms with Gasteiger partial charge in [0.05, 0.1) is 0 Å². The van der Waals surface area contributed by atoms with E-state index >= 15 is 0 Å². The van der Waals surface area contributed by atoms with E-state index in [9.17, 15) is 5.11 Å². The fourth-order valence-corrected chi connectivity index (χ4v) is 2.10. The molecule has 1 rings (SSSR count). The highest BCUT2D eigenvalue weighted by molar-refractivity contribution is 7.80. The Bertz CT molecular complexity index is 238. The molecule has 4 heteroatoms. The predicted octanol–water partition coefficient (Wildman–Crippen LogP) is 0.929. The first-order chi connectivity index (χ1) is 5.69. The zero-order valence-electron chi connectivity index (χ0n) is 8.88. The first-order valence-corrected chi connectivity index (χ1v) is 4.89. The molecular weight excluding hydrogens is 184 g/mol. The van der Waals surface area contributed by atoms with Gasteiger partial charge in [-0.3, -0.25) is 0 Å². The van der Waals surface area contributed by atoms with Crippen LogP contribution in [0.2, 0.25) is 0 Å². The zero-order valence-corrected chi connectivity index (χ0v) is 9.70. The van der Waals surface area contributed by atoms with E-state index < -0.39 is 5.72 Å². The maximum Gasteiger partial charge on any atom is 0.171 e. The fourth-order valence-electron chi connectivity index (χ4n) is 1.65. The molecule has 1 saturated heterocycles. The Morgan fingerprint density at radius 3 is 2.38 bits per heavy atom. The van der Waals surface area contributed by atoms with E-state index in [4.69, 9.17) is 12.2 Å². The van der Waals surface area contributed by atoms with Crippen molar-refractivity contribution in [1.82, 2.24) is 10.2 Å². The molecule has 1 aliphatic heterocycles. The molecular formula is C9H18N2OS. The molecule has 2 unspecified atom stereocenters. The van der Waals surface area contributed by atoms with Crippen LogP contribution in [0.5, 0.6) is 0 Å². The van der Waals surface area contributed by atoms with Crippen molar-refractivity contribution in [3.8, 4) is 0 Å². The molecule has 2 atom stereocenters. The van der Waals surface area contributed by atoms with Crippen molar-refractivity contribution in [2.75, 3.05) is 7.05 Å². The number of thiocarbonyl (C=S) groups is 1. The average molecular weight is 202 g/mol. The Morgan fingerprint density at radius 2 is 1.92 bits per heavy atom. The molecule has 0 aliphatic carbocycles. The fraction of sp³-hybridized carbons (Fsp3) is 0.889. The van der Waals surface area contributed by atoms with Crippen LogP contribution in [0.1, 0.15) is 27.7 Å². The van der Waals surface area contributed by atoms with Crippen molar-refractivity contribution in [3.05, 3.63) is 0 Å². The minimum atomic E-state index is -0.869. The van der Waals surface area contributed by atoms with Gasteiger partial charge in [-0.25, -0.2) is 0 Å². The quantitative estimate of drug-likeness (QED) is 0.573. The average Bonchev–Trinajstić information content (AvgIpc) is 1.98. The molecule has 0 saturated carbocycles. The highest BCUT2D eigenvalue weighted by Gasteiger charge is 2.47. The maximum atomic E-state index is 10.2. The van der Waals surface area contributed by atoms with Gasteiger partial charge in [0.2, 0.25) is 0 Å². The summed E-state index contributed by atoms with van der Waals surface area (Å²) in [6.07, 6.45) is 0. The topological polar surface area (TPSA) is 35.5 Å². The molecule has 1 aliphatic rings. The summed E-state index contributed by atoms with van der Waals surface area (Å²) in [6.45, 7) is 7.91. The van der Waals surface area contributed by atoms with Crippen LogP contribution in [0.4, 0.5) is 0 Å². The summed E-state index contributed by atoms with van der Waals surface area (Å²) in [6, 6.07) is 0. The number of hydrogen-bond acceptors (Lipinski definition) is 2. The van der Waals surface area contributed by atoms with E-state index in [0.29, 0.717) is 5.11 Å². The summed E-state index contributed by atoms with van der Waals surface area (Å²) in [7, 11) is 1.81. The second kappa shape index (κ2) is 2.82. The lowest BCUT2D eigenvalue weighted by Crippen LogP contribution is -2.70. The molecule has 0 radical (unpaired) electrons. The van der Waals surface area contributed by atoms with Gasteiger partial charge < -0.3 is 15.3 Å². The molecule has 3 nitrogen and oxygen atoms in total. The second-order valence-electron chi connectivity index (χ2n) is 4.53. The van der Waals surface area contributed by atoms with Gasteiger partial charge in [-0.1, -0.05) is 6.92 Å². The second-order valence-corrected chi connectivity index (χ2v) is 4.91. The highest BCUT2D eigenvalue weighted by Crippen LogP contribution is 2.33. The minimum absolute atomic E-state index is 0.108. The molecule has 2 N–H and O–H groups in total. The molecule has 0 spiro atoms. The molecule has 0 aromatic heterocycles. The lowest BCUT2D eigenvalue weighted by atomic mass is 9.79. The molecule has 0 aromatic rings. The third kappa shape index (κ3) is 1.53. The summed E-state index contributed by atoms with van der Waals surface area (Å²) >= 11 is 5.13. The van der Waals surface area contributed by atoms with Gasteiger partial charge in [0.25, 0.3) is 0 Å². The van der Waals surface area contributed by atoms with E-state index in [1.165, 1.54) is 0 Å². The molecule has 1 fully saturated rings. The van der Waals surface area contributed by atoms with Gasteiger partial charge in [-0.05, 0) is 33.0 Å². The number of nitrogens with one attached hydrogen (secondary N) is 1. The number of nitrogens with zero attached hydrogens (tertiary/aromatic N) is 1. The number of rotatable bonds is 0. The van der Waals surface area contributed by atoms with Gasteiger partial charge in [-0.15, -0.1) is 0 Å². The van der Waals surface area contributed by atoms with Crippen molar-refractivity contribution in [2.24, 2.45) is 5.92 Å². The van der Waals surface area contributed by atoms with E-state index in [2.05, 4.69) is 5.32 Å². The van der Waals surface area contributed by atoms with Crippen molar-refractivity contribution in [1.29, 1.82) is 0 Å². The van der Waals surface area contributed by atoms with Crippen LogP contribution in [0.3, 0.4) is 0 Å². The van der Waals surface area contributed by atoms with Crippen LogP contribution >= 0.6 is 12.2 Å². The monoisotopic (exact) mass is 202 g/mol. The van der Waals surface area contributed by atoms with Gasteiger partial charge in [0.1, 0.15) is 5.72 Å². The van der Waals surface area contributed by atoms with E-state index in [0.717, 1.165) is 0 Å². The predicted molar refractivity (Wildman–Crippen MR) is 57.4 cm³/mol. The normalized spacial score (nSPS) is 38.8. The van der Waals surface area contributed by atoms with Gasteiger partial charge in [-0.2, -0.15) is 0 Å². The summed E-state index contributed by atoms with van der Waals surface area (Å²) in [5.41, 5.74) is -1.03. The molecule has 0 aromatic carbocycles. The van der Waals surface area contributed by atoms with Gasteiger partial charge in [0.15, 0.2) is 5.11 Å². The molecule has 0 amide bonds. The Labute approximate surface area is 85.1 Å². The molecule has 1 heterocycles.